The van der Waals surface area contributed by atoms with Crippen LogP contribution < -0.4 is 0 Å². The largest absolute Gasteiger partial charge is 0.276 e. The van der Waals surface area contributed by atoms with Gasteiger partial charge >= 0.3 is 0 Å². The van der Waals surface area contributed by atoms with Crippen molar-refractivity contribution in [2.45, 2.75) is 0 Å². The maximum absolute atomic E-state index is 13.6. The van der Waals surface area contributed by atoms with Crippen LogP contribution in [0.25, 0.3) is 11.1 Å². The van der Waals surface area contributed by atoms with Crippen LogP contribution in [0.5, 0.6) is 0 Å². The van der Waals surface area contributed by atoms with Gasteiger partial charge in [0, 0.05) is 11.1 Å². The minimum atomic E-state index is -0.586. The molecule has 0 aromatic heterocycles. The molecule has 16 heavy (non-hydrogen) atoms. The number of carbonyl (C=O) groups excluding carboxylic acids is 1. The van der Waals surface area contributed by atoms with Crippen molar-refractivity contribution < 1.29 is 9.18 Å². The molecular weight excluding hydrogens is 227 g/mol. The molecule has 0 N–H and O–H groups in total. The van der Waals surface area contributed by atoms with Gasteiger partial charge in [-0.05, 0) is 35.4 Å². The topological polar surface area (TPSA) is 17.1 Å². The van der Waals surface area contributed by atoms with E-state index in [1.807, 2.05) is 18.2 Å². The fourth-order valence-electron chi connectivity index (χ4n) is 1.49. The Morgan fingerprint density at radius 3 is 2.38 bits per heavy atom. The van der Waals surface area contributed by atoms with Gasteiger partial charge in [-0.2, -0.15) is 0 Å². The van der Waals surface area contributed by atoms with Crippen LogP contribution in [-0.2, 0) is 0 Å². The maximum atomic E-state index is 13.6. The summed E-state index contributed by atoms with van der Waals surface area (Å²) in [7, 11) is 0. The predicted molar refractivity (Wildman–Crippen MR) is 62.0 cm³/mol. The number of hydrogen-bond donors (Lipinski definition) is 0. The van der Waals surface area contributed by atoms with E-state index in [9.17, 15) is 9.18 Å². The summed E-state index contributed by atoms with van der Waals surface area (Å²) in [5, 5.41) is -0.586. The number of rotatable bonds is 2. The van der Waals surface area contributed by atoms with Crippen molar-refractivity contribution in [3.63, 3.8) is 0 Å². The molecule has 0 saturated heterocycles. The first-order chi connectivity index (χ1) is 7.68. The summed E-state index contributed by atoms with van der Waals surface area (Å²) in [5.41, 5.74) is 1.40. The first-order valence-electron chi connectivity index (χ1n) is 4.73. The molecule has 0 radical (unpaired) electrons. The van der Waals surface area contributed by atoms with Crippen LogP contribution in [0.1, 0.15) is 10.4 Å². The molecule has 80 valence electrons. The van der Waals surface area contributed by atoms with Crippen LogP contribution in [0.15, 0.2) is 48.5 Å². The lowest BCUT2D eigenvalue weighted by atomic mass is 10.0. The number of halogens is 2. The van der Waals surface area contributed by atoms with Crippen molar-refractivity contribution in [3.8, 4) is 11.1 Å². The summed E-state index contributed by atoms with van der Waals surface area (Å²) in [6, 6.07) is 13.1. The van der Waals surface area contributed by atoms with Gasteiger partial charge in [0.05, 0.1) is 0 Å². The molecule has 2 aromatic rings. The molecule has 0 atom stereocenters. The lowest BCUT2D eigenvalue weighted by Gasteiger charge is -2.04. The third-order valence-electron chi connectivity index (χ3n) is 2.28. The van der Waals surface area contributed by atoms with Gasteiger partial charge in [0.25, 0.3) is 5.24 Å². The summed E-state index contributed by atoms with van der Waals surface area (Å²) < 4.78 is 13.6. The second-order valence-corrected chi connectivity index (χ2v) is 3.68. The first kappa shape index (κ1) is 10.8. The van der Waals surface area contributed by atoms with Gasteiger partial charge in [-0.3, -0.25) is 4.79 Å². The SMILES string of the molecule is O=C(Cl)c1ccc(F)c(-c2ccccc2)c1. The zero-order valence-corrected chi connectivity index (χ0v) is 9.04. The minimum absolute atomic E-state index is 0.293. The smallest absolute Gasteiger partial charge is 0.252 e. The number of hydrogen-bond acceptors (Lipinski definition) is 1. The van der Waals surface area contributed by atoms with Crippen LogP contribution in [0.2, 0.25) is 0 Å². The lowest BCUT2D eigenvalue weighted by Crippen LogP contribution is -1.92. The minimum Gasteiger partial charge on any atom is -0.276 e. The van der Waals surface area contributed by atoms with Gasteiger partial charge in [-0.1, -0.05) is 30.3 Å². The quantitative estimate of drug-likeness (QED) is 0.721. The van der Waals surface area contributed by atoms with E-state index < -0.39 is 5.24 Å². The van der Waals surface area contributed by atoms with E-state index in [4.69, 9.17) is 11.6 Å². The molecule has 2 aromatic carbocycles. The second kappa shape index (κ2) is 4.45. The molecule has 0 amide bonds. The van der Waals surface area contributed by atoms with E-state index in [1.54, 1.807) is 12.1 Å². The number of carbonyl (C=O) groups is 1. The molecule has 0 fully saturated rings. The molecular formula is C13H8ClFO. The summed E-state index contributed by atoms with van der Waals surface area (Å²) in [6.07, 6.45) is 0. The van der Waals surface area contributed by atoms with Crippen molar-refractivity contribution >= 4 is 16.8 Å². The molecule has 0 aliphatic rings. The van der Waals surface area contributed by atoms with Crippen molar-refractivity contribution in [3.05, 3.63) is 59.9 Å². The Morgan fingerprint density at radius 2 is 1.75 bits per heavy atom. The molecule has 0 aliphatic carbocycles. The highest BCUT2D eigenvalue weighted by molar-refractivity contribution is 6.67. The molecule has 0 saturated carbocycles. The zero-order chi connectivity index (χ0) is 11.5. The average Bonchev–Trinajstić information content (AvgIpc) is 2.30. The Balaban J connectivity index is 2.56. The second-order valence-electron chi connectivity index (χ2n) is 3.33. The van der Waals surface area contributed by atoms with E-state index in [0.717, 1.165) is 5.56 Å². The number of benzene rings is 2. The summed E-state index contributed by atoms with van der Waals surface area (Å²) >= 11 is 5.35. The Hall–Kier alpha value is -1.67. The zero-order valence-electron chi connectivity index (χ0n) is 8.28. The lowest BCUT2D eigenvalue weighted by molar-refractivity contribution is 0.108. The first-order valence-corrected chi connectivity index (χ1v) is 5.11. The van der Waals surface area contributed by atoms with E-state index >= 15 is 0 Å². The monoisotopic (exact) mass is 234 g/mol. The van der Waals surface area contributed by atoms with Crippen molar-refractivity contribution in [2.24, 2.45) is 0 Å². The van der Waals surface area contributed by atoms with Gasteiger partial charge in [0.2, 0.25) is 0 Å². The summed E-state index contributed by atoms with van der Waals surface area (Å²) in [6.45, 7) is 0. The van der Waals surface area contributed by atoms with Crippen molar-refractivity contribution in [1.82, 2.24) is 0 Å². The standard InChI is InChI=1S/C13H8ClFO/c14-13(16)10-6-7-12(15)11(8-10)9-4-2-1-3-5-9/h1-8H. The summed E-state index contributed by atoms with van der Waals surface area (Å²) in [4.78, 5) is 11.0. The van der Waals surface area contributed by atoms with Crippen LogP contribution in [0, 0.1) is 5.82 Å². The summed E-state index contributed by atoms with van der Waals surface area (Å²) in [5.74, 6) is -0.368. The molecule has 0 unspecified atom stereocenters. The molecule has 2 rings (SSSR count). The Kier molecular flexibility index (Phi) is 3.02. The fourth-order valence-corrected chi connectivity index (χ4v) is 1.60. The van der Waals surface area contributed by atoms with Gasteiger partial charge < -0.3 is 0 Å². The predicted octanol–water partition coefficient (Wildman–Crippen LogP) is 3.87. The highest BCUT2D eigenvalue weighted by atomic mass is 35.5. The normalized spacial score (nSPS) is 10.1. The molecule has 1 nitrogen and oxygen atoms in total. The third kappa shape index (κ3) is 2.12. The Labute approximate surface area is 97.5 Å². The molecule has 0 aliphatic heterocycles. The van der Waals surface area contributed by atoms with Gasteiger partial charge in [0.15, 0.2) is 0 Å². The van der Waals surface area contributed by atoms with Crippen LogP contribution in [-0.4, -0.2) is 5.24 Å². The third-order valence-corrected chi connectivity index (χ3v) is 2.50. The van der Waals surface area contributed by atoms with E-state index in [-0.39, 0.29) is 5.82 Å². The van der Waals surface area contributed by atoms with Gasteiger partial charge in [0.1, 0.15) is 5.82 Å². The van der Waals surface area contributed by atoms with Crippen LogP contribution in [0.4, 0.5) is 4.39 Å². The van der Waals surface area contributed by atoms with Crippen LogP contribution >= 0.6 is 11.6 Å². The van der Waals surface area contributed by atoms with Crippen molar-refractivity contribution in [2.75, 3.05) is 0 Å². The Bertz CT molecular complexity index is 523. The molecule has 0 bridgehead atoms. The fraction of sp³-hybridized carbons (Fsp3) is 0. The average molecular weight is 235 g/mol. The van der Waals surface area contributed by atoms with Gasteiger partial charge in [-0.25, -0.2) is 4.39 Å². The molecule has 0 spiro atoms. The van der Waals surface area contributed by atoms with E-state index in [1.165, 1.54) is 18.2 Å². The maximum Gasteiger partial charge on any atom is 0.252 e. The molecule has 0 heterocycles. The van der Waals surface area contributed by atoms with Gasteiger partial charge in [-0.15, -0.1) is 0 Å². The Morgan fingerprint density at radius 1 is 1.06 bits per heavy atom. The van der Waals surface area contributed by atoms with Crippen molar-refractivity contribution in [1.29, 1.82) is 0 Å². The molecule has 3 heteroatoms. The van der Waals surface area contributed by atoms with E-state index in [0.29, 0.717) is 11.1 Å². The van der Waals surface area contributed by atoms with E-state index in [2.05, 4.69) is 0 Å². The van der Waals surface area contributed by atoms with Crippen LogP contribution in [0.3, 0.4) is 0 Å². The highest BCUT2D eigenvalue weighted by Crippen LogP contribution is 2.24. The highest BCUT2D eigenvalue weighted by Gasteiger charge is 2.08.